The molecule has 1 heterocycles. The van der Waals surface area contributed by atoms with Gasteiger partial charge in [-0.15, -0.1) is 0 Å². The van der Waals surface area contributed by atoms with E-state index in [2.05, 4.69) is 19.2 Å². The van der Waals surface area contributed by atoms with Gasteiger partial charge < -0.3 is 10.1 Å². The second-order valence-corrected chi connectivity index (χ2v) is 7.83. The van der Waals surface area contributed by atoms with Crippen LogP contribution >= 0.6 is 0 Å². The molecule has 1 rings (SSSR count). The van der Waals surface area contributed by atoms with Gasteiger partial charge in [-0.1, -0.05) is 6.92 Å². The minimum Gasteiger partial charge on any atom is -0.371 e. The van der Waals surface area contributed by atoms with Crippen LogP contribution in [-0.4, -0.2) is 56.9 Å². The largest absolute Gasteiger partial charge is 0.371 e. The third-order valence-corrected chi connectivity index (χ3v) is 4.89. The number of nitrogens with one attached hydrogen (secondary N) is 1. The Morgan fingerprint density at radius 2 is 2.11 bits per heavy atom. The van der Waals surface area contributed by atoms with Gasteiger partial charge in [0, 0.05) is 19.6 Å². The summed E-state index contributed by atoms with van der Waals surface area (Å²) in [6, 6.07) is 0. The van der Waals surface area contributed by atoms with Crippen molar-refractivity contribution < 1.29 is 13.2 Å². The number of nitrogens with zero attached hydrogens (tertiary/aromatic N) is 1. The van der Waals surface area contributed by atoms with Crippen molar-refractivity contribution in [2.75, 3.05) is 32.4 Å². The number of rotatable bonds is 8. The Hall–Kier alpha value is -0.170. The molecule has 0 aromatic heterocycles. The Morgan fingerprint density at radius 3 is 2.58 bits per heavy atom. The van der Waals surface area contributed by atoms with Gasteiger partial charge in [-0.05, 0) is 39.7 Å². The van der Waals surface area contributed by atoms with E-state index < -0.39 is 10.0 Å². The summed E-state index contributed by atoms with van der Waals surface area (Å²) < 4.78 is 30.2. The van der Waals surface area contributed by atoms with E-state index in [1.165, 1.54) is 10.6 Å². The highest BCUT2D eigenvalue weighted by molar-refractivity contribution is 7.88. The van der Waals surface area contributed by atoms with Crippen molar-refractivity contribution in [1.29, 1.82) is 0 Å². The predicted molar refractivity (Wildman–Crippen MR) is 77.8 cm³/mol. The molecule has 0 aliphatic carbocycles. The van der Waals surface area contributed by atoms with Crippen molar-refractivity contribution in [1.82, 2.24) is 9.62 Å². The van der Waals surface area contributed by atoms with Crippen molar-refractivity contribution in [3.05, 3.63) is 0 Å². The summed E-state index contributed by atoms with van der Waals surface area (Å²) in [7, 11) is -3.05. The van der Waals surface area contributed by atoms with Crippen molar-refractivity contribution >= 4 is 10.0 Å². The Balaban J connectivity index is 2.12. The molecule has 1 N–H and O–H groups in total. The third-order valence-electron chi connectivity index (χ3n) is 3.51. The first-order valence-electron chi connectivity index (χ1n) is 7.08. The lowest BCUT2D eigenvalue weighted by atomic mass is 10.1. The highest BCUT2D eigenvalue weighted by atomic mass is 32.2. The summed E-state index contributed by atoms with van der Waals surface area (Å²) in [5.41, 5.74) is 0.0155. The minimum atomic E-state index is -3.05. The topological polar surface area (TPSA) is 58.6 Å². The molecule has 0 aromatic carbocycles. The summed E-state index contributed by atoms with van der Waals surface area (Å²) in [5.74, 6) is 0. The van der Waals surface area contributed by atoms with Gasteiger partial charge in [0.1, 0.15) is 0 Å². The first kappa shape index (κ1) is 16.9. The molecule has 0 radical (unpaired) electrons. The quantitative estimate of drug-likeness (QED) is 0.683. The van der Waals surface area contributed by atoms with E-state index in [4.69, 9.17) is 4.74 Å². The van der Waals surface area contributed by atoms with E-state index in [1.54, 1.807) is 0 Å². The predicted octanol–water partition coefficient (Wildman–Crippen LogP) is 1.21. The molecule has 6 heteroatoms. The average molecular weight is 292 g/mol. The van der Waals surface area contributed by atoms with Gasteiger partial charge in [0.25, 0.3) is 0 Å². The van der Waals surface area contributed by atoms with Crippen LogP contribution in [0.3, 0.4) is 0 Å². The summed E-state index contributed by atoms with van der Waals surface area (Å²) in [4.78, 5) is 0. The fourth-order valence-corrected chi connectivity index (χ4v) is 3.35. The second-order valence-electron chi connectivity index (χ2n) is 5.85. The zero-order valence-electron chi connectivity index (χ0n) is 12.6. The molecule has 1 unspecified atom stereocenters. The van der Waals surface area contributed by atoms with Crippen LogP contribution in [0.5, 0.6) is 0 Å². The molecule has 1 aliphatic heterocycles. The fourth-order valence-electron chi connectivity index (χ4n) is 2.42. The SMILES string of the molecule is CCN(CCCNCC1CCC(C)(C)O1)S(C)(=O)=O. The van der Waals surface area contributed by atoms with Crippen molar-refractivity contribution in [3.63, 3.8) is 0 Å². The molecule has 1 fully saturated rings. The van der Waals surface area contributed by atoms with Crippen LogP contribution in [0.4, 0.5) is 0 Å². The van der Waals surface area contributed by atoms with E-state index in [0.29, 0.717) is 19.2 Å². The van der Waals surface area contributed by atoms with E-state index >= 15 is 0 Å². The lowest BCUT2D eigenvalue weighted by molar-refractivity contribution is -0.0141. The zero-order chi connectivity index (χ0) is 14.5. The molecule has 5 nitrogen and oxygen atoms in total. The monoisotopic (exact) mass is 292 g/mol. The molecule has 0 bridgehead atoms. The normalized spacial score (nSPS) is 23.1. The van der Waals surface area contributed by atoms with Crippen LogP contribution in [0.2, 0.25) is 0 Å². The van der Waals surface area contributed by atoms with Crippen LogP contribution in [0, 0.1) is 0 Å². The molecule has 0 spiro atoms. The Labute approximate surface area is 117 Å². The van der Waals surface area contributed by atoms with Gasteiger partial charge in [-0.3, -0.25) is 0 Å². The van der Waals surface area contributed by atoms with Gasteiger partial charge in [-0.25, -0.2) is 12.7 Å². The molecular formula is C13H28N2O3S. The van der Waals surface area contributed by atoms with Gasteiger partial charge in [0.05, 0.1) is 18.0 Å². The molecule has 114 valence electrons. The highest BCUT2D eigenvalue weighted by Gasteiger charge is 2.30. The summed E-state index contributed by atoms with van der Waals surface area (Å²) in [5, 5.41) is 3.35. The van der Waals surface area contributed by atoms with Gasteiger partial charge in [0.15, 0.2) is 0 Å². The molecule has 19 heavy (non-hydrogen) atoms. The Bertz CT molecular complexity index is 368. The van der Waals surface area contributed by atoms with E-state index in [1.807, 2.05) is 6.92 Å². The number of hydrogen-bond acceptors (Lipinski definition) is 4. The summed E-state index contributed by atoms with van der Waals surface area (Å²) in [6.07, 6.45) is 4.60. The molecular weight excluding hydrogens is 264 g/mol. The van der Waals surface area contributed by atoms with E-state index in [0.717, 1.165) is 32.4 Å². The Kier molecular flexibility index (Phi) is 6.23. The van der Waals surface area contributed by atoms with Gasteiger partial charge in [0.2, 0.25) is 10.0 Å². The maximum absolute atomic E-state index is 11.4. The van der Waals surface area contributed by atoms with Crippen LogP contribution in [0.25, 0.3) is 0 Å². The summed E-state index contributed by atoms with van der Waals surface area (Å²) >= 11 is 0. The second kappa shape index (κ2) is 7.02. The van der Waals surface area contributed by atoms with E-state index in [-0.39, 0.29) is 5.60 Å². The lowest BCUT2D eigenvalue weighted by Crippen LogP contribution is -2.34. The smallest absolute Gasteiger partial charge is 0.211 e. The third kappa shape index (κ3) is 6.21. The van der Waals surface area contributed by atoms with Crippen molar-refractivity contribution in [2.45, 2.75) is 51.7 Å². The first-order valence-corrected chi connectivity index (χ1v) is 8.93. The maximum Gasteiger partial charge on any atom is 0.211 e. The standard InChI is InChI=1S/C13H28N2O3S/c1-5-15(19(4,16)17)10-6-9-14-11-12-7-8-13(2,3)18-12/h12,14H,5-11H2,1-4H3. The molecule has 1 atom stereocenters. The first-order chi connectivity index (χ1) is 8.74. The Morgan fingerprint density at radius 1 is 1.42 bits per heavy atom. The highest BCUT2D eigenvalue weighted by Crippen LogP contribution is 2.28. The minimum absolute atomic E-state index is 0.0155. The average Bonchev–Trinajstić information content (AvgIpc) is 2.61. The molecule has 0 amide bonds. The van der Waals surface area contributed by atoms with E-state index in [9.17, 15) is 8.42 Å². The molecule has 1 saturated heterocycles. The number of ether oxygens (including phenoxy) is 1. The van der Waals surface area contributed by atoms with Crippen molar-refractivity contribution in [2.24, 2.45) is 0 Å². The number of hydrogen-bond donors (Lipinski definition) is 1. The van der Waals surface area contributed by atoms with Crippen LogP contribution in [-0.2, 0) is 14.8 Å². The lowest BCUT2D eigenvalue weighted by Gasteiger charge is -2.20. The van der Waals surface area contributed by atoms with Gasteiger partial charge >= 0.3 is 0 Å². The fraction of sp³-hybridized carbons (Fsp3) is 1.00. The summed E-state index contributed by atoms with van der Waals surface area (Å²) in [6.45, 7) is 8.91. The zero-order valence-corrected chi connectivity index (χ0v) is 13.4. The van der Waals surface area contributed by atoms with Crippen LogP contribution in [0.1, 0.15) is 40.0 Å². The maximum atomic E-state index is 11.4. The van der Waals surface area contributed by atoms with Crippen LogP contribution < -0.4 is 5.32 Å². The molecule has 1 aliphatic rings. The molecule has 0 aromatic rings. The van der Waals surface area contributed by atoms with Crippen LogP contribution in [0.15, 0.2) is 0 Å². The van der Waals surface area contributed by atoms with Crippen molar-refractivity contribution in [3.8, 4) is 0 Å². The van der Waals surface area contributed by atoms with Gasteiger partial charge in [-0.2, -0.15) is 0 Å². The molecule has 0 saturated carbocycles. The number of sulfonamides is 1.